The van der Waals surface area contributed by atoms with Gasteiger partial charge in [0.05, 0.1) is 19.3 Å². The van der Waals surface area contributed by atoms with E-state index in [4.69, 9.17) is 4.74 Å². The van der Waals surface area contributed by atoms with Crippen LogP contribution in [0.2, 0.25) is 0 Å². The highest BCUT2D eigenvalue weighted by Crippen LogP contribution is 2.45. The number of rotatable bonds is 12. The summed E-state index contributed by atoms with van der Waals surface area (Å²) < 4.78 is 5.33. The van der Waals surface area contributed by atoms with E-state index in [-0.39, 0.29) is 23.5 Å². The summed E-state index contributed by atoms with van der Waals surface area (Å²) in [6.45, 7) is 14.1. The third-order valence-electron chi connectivity index (χ3n) is 5.73. The Morgan fingerprint density at radius 2 is 1.65 bits per heavy atom. The van der Waals surface area contributed by atoms with Gasteiger partial charge in [0.25, 0.3) is 5.09 Å². The van der Waals surface area contributed by atoms with Gasteiger partial charge in [-0.2, -0.15) is 0 Å². The number of phenolic OH excluding ortho intramolecular Hbond substituents is 2. The average molecular weight is 474 g/mol. The highest BCUT2D eigenvalue weighted by Gasteiger charge is 2.24. The molecule has 7 nitrogen and oxygen atoms in total. The lowest BCUT2D eigenvalue weighted by molar-refractivity contribution is -0.757. The van der Waals surface area contributed by atoms with E-state index in [1.165, 1.54) is 0 Å². The number of unbranched alkanes of at least 4 members (excludes halogenated alkanes) is 3. The van der Waals surface area contributed by atoms with Gasteiger partial charge >= 0.3 is 0 Å². The highest BCUT2D eigenvalue weighted by atomic mass is 16.9. The molecule has 0 aliphatic heterocycles. The van der Waals surface area contributed by atoms with Crippen molar-refractivity contribution in [3.8, 4) is 28.4 Å². The molecule has 0 saturated carbocycles. The van der Waals surface area contributed by atoms with Gasteiger partial charge in [-0.25, -0.2) is 0 Å². The normalized spacial score (nSPS) is 10.8. The molecule has 0 bridgehead atoms. The van der Waals surface area contributed by atoms with Gasteiger partial charge in [-0.1, -0.05) is 65.2 Å². The smallest absolute Gasteiger partial charge is 0.294 e. The molecule has 7 heteroatoms. The molecule has 188 valence electrons. The predicted molar refractivity (Wildman–Crippen MR) is 137 cm³/mol. The quantitative estimate of drug-likeness (QED) is 0.191. The predicted octanol–water partition coefficient (Wildman–Crippen LogP) is 7.27. The average Bonchev–Trinajstić information content (AvgIpc) is 2.78. The van der Waals surface area contributed by atoms with Crippen molar-refractivity contribution in [1.29, 1.82) is 0 Å². The van der Waals surface area contributed by atoms with E-state index < -0.39 is 5.09 Å². The van der Waals surface area contributed by atoms with Gasteiger partial charge in [0, 0.05) is 5.56 Å². The van der Waals surface area contributed by atoms with Crippen molar-refractivity contribution in [2.45, 2.75) is 72.1 Å². The molecule has 0 radical (unpaired) electrons. The van der Waals surface area contributed by atoms with Gasteiger partial charge in [-0.05, 0) is 60.6 Å². The van der Waals surface area contributed by atoms with Crippen LogP contribution in [0.3, 0.4) is 0 Å². The van der Waals surface area contributed by atoms with E-state index in [0.29, 0.717) is 23.3 Å². The van der Waals surface area contributed by atoms with Crippen LogP contribution < -0.4 is 4.74 Å². The summed E-state index contributed by atoms with van der Waals surface area (Å²) in [5, 5.41) is 31.1. The fraction of sp³-hybridized carbons (Fsp3) is 0.481. The third kappa shape index (κ3) is 7.97. The first-order valence-electron chi connectivity index (χ1n) is 11.7. The molecule has 0 atom stereocenters. The van der Waals surface area contributed by atoms with Gasteiger partial charge in [-0.15, -0.1) is 10.1 Å². The van der Waals surface area contributed by atoms with E-state index in [1.807, 2.05) is 32.9 Å². The number of benzene rings is 2. The van der Waals surface area contributed by atoms with Crippen molar-refractivity contribution in [1.82, 2.24) is 0 Å². The Morgan fingerprint density at radius 3 is 2.18 bits per heavy atom. The first kappa shape index (κ1) is 28.8. The number of phenols is 2. The molecule has 0 amide bonds. The van der Waals surface area contributed by atoms with Gasteiger partial charge in [0.15, 0.2) is 0 Å². The van der Waals surface area contributed by atoms with E-state index >= 15 is 0 Å². The number of nitrogens with zero attached hydrogens (tertiary/aromatic N) is 1. The lowest BCUT2D eigenvalue weighted by atomic mass is 9.79. The van der Waals surface area contributed by atoms with E-state index in [9.17, 15) is 20.3 Å². The number of hydrogen-bond donors (Lipinski definition) is 2. The number of hydrogen-bond acceptors (Lipinski definition) is 6. The van der Waals surface area contributed by atoms with Crippen LogP contribution in [0.4, 0.5) is 0 Å². The molecule has 2 N–H and O–H groups in total. The van der Waals surface area contributed by atoms with Gasteiger partial charge in [0.2, 0.25) is 0 Å². The summed E-state index contributed by atoms with van der Waals surface area (Å²) in [5.41, 5.74) is 3.23. The molecule has 0 aliphatic rings. The molecule has 0 saturated heterocycles. The molecule has 0 aromatic heterocycles. The second kappa shape index (κ2) is 13.5. The summed E-state index contributed by atoms with van der Waals surface area (Å²) in [6.07, 6.45) is 4.18. The Morgan fingerprint density at radius 1 is 1.06 bits per heavy atom. The molecule has 34 heavy (non-hydrogen) atoms. The van der Waals surface area contributed by atoms with Crippen LogP contribution in [-0.2, 0) is 10.3 Å². The summed E-state index contributed by atoms with van der Waals surface area (Å²) in [6, 6.07) is 8.89. The lowest BCUT2D eigenvalue weighted by Crippen LogP contribution is -2.17. The molecule has 0 aliphatic carbocycles. The van der Waals surface area contributed by atoms with Crippen LogP contribution in [0.5, 0.6) is 17.2 Å². The largest absolute Gasteiger partial charge is 0.507 e. The van der Waals surface area contributed by atoms with Crippen molar-refractivity contribution >= 4 is 5.57 Å². The highest BCUT2D eigenvalue weighted by molar-refractivity contribution is 5.87. The maximum atomic E-state index is 10.9. The zero-order valence-electron chi connectivity index (χ0n) is 21.3. The maximum absolute atomic E-state index is 10.9. The SMILES string of the molecule is C=C(C)c1ccc(OC)cc1-c1c(O)cc(C(C)(C)CCCCCCO[N+](=O)[O-])cc1O.CC. The third-order valence-corrected chi connectivity index (χ3v) is 5.73. The summed E-state index contributed by atoms with van der Waals surface area (Å²) in [4.78, 5) is 14.5. The minimum Gasteiger partial charge on any atom is -0.507 e. The van der Waals surface area contributed by atoms with Crippen LogP contribution in [0.1, 0.15) is 77.8 Å². The van der Waals surface area contributed by atoms with Crippen molar-refractivity contribution in [2.75, 3.05) is 13.7 Å². The van der Waals surface area contributed by atoms with E-state index in [2.05, 4.69) is 25.3 Å². The van der Waals surface area contributed by atoms with Crippen molar-refractivity contribution < 1.29 is 24.9 Å². The first-order chi connectivity index (χ1) is 16.1. The van der Waals surface area contributed by atoms with E-state index in [0.717, 1.165) is 42.4 Å². The molecule has 2 rings (SSSR count). The fourth-order valence-corrected chi connectivity index (χ4v) is 3.81. The molecule has 0 spiro atoms. The monoisotopic (exact) mass is 473 g/mol. The van der Waals surface area contributed by atoms with Crippen LogP contribution in [0.25, 0.3) is 16.7 Å². The zero-order valence-corrected chi connectivity index (χ0v) is 21.3. The fourth-order valence-electron chi connectivity index (χ4n) is 3.81. The summed E-state index contributed by atoms with van der Waals surface area (Å²) in [5.74, 6) is 0.623. The van der Waals surface area contributed by atoms with Crippen LogP contribution in [0, 0.1) is 10.1 Å². The Balaban J connectivity index is 0.00000281. The molecular formula is C27H39NO6. The zero-order chi connectivity index (χ0) is 25.9. The number of allylic oxidation sites excluding steroid dienone is 1. The standard InChI is InChI=1S/C25H33NO6.C2H6/c1-17(2)20-11-10-19(31-5)16-21(20)24-22(27)14-18(15-23(24)28)25(3,4)12-8-6-7-9-13-32-26(29)30;1-2/h10-11,14-16,27-28H,1,6-9,12-13H2,2-5H3;1-2H3. The van der Waals surface area contributed by atoms with E-state index in [1.54, 1.807) is 25.3 Å². The van der Waals surface area contributed by atoms with Gasteiger partial charge in [0.1, 0.15) is 17.2 Å². The second-order valence-corrected chi connectivity index (χ2v) is 8.69. The van der Waals surface area contributed by atoms with Crippen molar-refractivity contribution in [2.24, 2.45) is 0 Å². The van der Waals surface area contributed by atoms with Gasteiger partial charge in [-0.3, -0.25) is 0 Å². The first-order valence-corrected chi connectivity index (χ1v) is 11.7. The van der Waals surface area contributed by atoms with Gasteiger partial charge < -0.3 is 19.8 Å². The minimum absolute atomic E-state index is 0.000701. The molecule has 2 aromatic rings. The molecule has 2 aromatic carbocycles. The Labute approximate surface area is 203 Å². The maximum Gasteiger partial charge on any atom is 0.294 e. The summed E-state index contributed by atoms with van der Waals surface area (Å²) in [7, 11) is 1.57. The lowest BCUT2D eigenvalue weighted by Gasteiger charge is -2.27. The second-order valence-electron chi connectivity index (χ2n) is 8.69. The van der Waals surface area contributed by atoms with Crippen molar-refractivity contribution in [3.63, 3.8) is 0 Å². The Bertz CT molecular complexity index is 945. The van der Waals surface area contributed by atoms with Crippen molar-refractivity contribution in [3.05, 3.63) is 58.2 Å². The van der Waals surface area contributed by atoms with Crippen LogP contribution in [0.15, 0.2) is 36.9 Å². The minimum atomic E-state index is -0.767. The Kier molecular flexibility index (Phi) is 11.4. The molecular weight excluding hydrogens is 434 g/mol. The summed E-state index contributed by atoms with van der Waals surface area (Å²) >= 11 is 0. The topological polar surface area (TPSA) is 102 Å². The number of aromatic hydroxyl groups is 2. The number of ether oxygens (including phenoxy) is 1. The number of methoxy groups -OCH3 is 1. The molecule has 0 fully saturated rings. The molecule has 0 unspecified atom stereocenters. The van der Waals surface area contributed by atoms with Crippen LogP contribution in [-0.4, -0.2) is 29.0 Å². The molecule has 0 heterocycles. The Hall–Kier alpha value is -3.22. The van der Waals surface area contributed by atoms with Crippen LogP contribution >= 0.6 is 0 Å².